The van der Waals surface area contributed by atoms with E-state index in [0.717, 1.165) is 43.2 Å². The predicted octanol–water partition coefficient (Wildman–Crippen LogP) is 2.66. The monoisotopic (exact) mass is 392 g/mol. The lowest BCUT2D eigenvalue weighted by molar-refractivity contribution is 0.136. The molecule has 7 heteroatoms. The molecule has 2 heterocycles. The third kappa shape index (κ3) is 7.43. The molecule has 0 amide bonds. The largest absolute Gasteiger partial charge is 0.359 e. The molecular formula is C21H40N6O. The molecule has 28 heavy (non-hydrogen) atoms. The van der Waals surface area contributed by atoms with Gasteiger partial charge in [-0.2, -0.15) is 0 Å². The highest BCUT2D eigenvalue weighted by Crippen LogP contribution is 2.22. The highest BCUT2D eigenvalue weighted by Gasteiger charge is 2.15. The van der Waals surface area contributed by atoms with Gasteiger partial charge in [-0.1, -0.05) is 25.9 Å². The smallest absolute Gasteiger partial charge is 0.191 e. The van der Waals surface area contributed by atoms with Crippen molar-refractivity contribution in [2.75, 3.05) is 52.9 Å². The summed E-state index contributed by atoms with van der Waals surface area (Å²) in [5.41, 5.74) is 1.06. The van der Waals surface area contributed by atoms with E-state index in [2.05, 4.69) is 57.4 Å². The highest BCUT2D eigenvalue weighted by molar-refractivity contribution is 5.79. The van der Waals surface area contributed by atoms with E-state index >= 15 is 0 Å². The van der Waals surface area contributed by atoms with Crippen LogP contribution in [-0.2, 0) is 6.54 Å². The van der Waals surface area contributed by atoms with Crippen molar-refractivity contribution in [2.24, 2.45) is 4.99 Å². The Labute approximate surface area is 170 Å². The maximum absolute atomic E-state index is 5.47. The van der Waals surface area contributed by atoms with Crippen LogP contribution in [0.25, 0.3) is 0 Å². The summed E-state index contributed by atoms with van der Waals surface area (Å²) < 4.78 is 5.47. The molecule has 1 aliphatic heterocycles. The first-order valence-corrected chi connectivity index (χ1v) is 11.0. The zero-order chi connectivity index (χ0) is 20.2. The molecule has 2 rings (SSSR count). The first-order valence-electron chi connectivity index (χ1n) is 11.0. The summed E-state index contributed by atoms with van der Waals surface area (Å²) in [6, 6.07) is 2.07. The topological polar surface area (TPSA) is 68.9 Å². The number of rotatable bonds is 11. The third-order valence-corrected chi connectivity index (χ3v) is 5.74. The number of guanidine groups is 1. The number of nitrogens with zero attached hydrogens (tertiary/aromatic N) is 4. The van der Waals surface area contributed by atoms with Crippen LogP contribution in [-0.4, -0.2) is 73.8 Å². The molecule has 0 aliphatic carbocycles. The SMILES string of the molecule is CCC(CC)c1cc(CNC(=NC)NCCCCN2CCN(CC)CC2)on1. The minimum Gasteiger partial charge on any atom is -0.359 e. The number of likely N-dealkylation sites (N-methyl/N-ethyl adjacent to an activating group) is 1. The van der Waals surface area contributed by atoms with Crippen molar-refractivity contribution in [1.29, 1.82) is 0 Å². The molecule has 0 radical (unpaired) electrons. The summed E-state index contributed by atoms with van der Waals surface area (Å²) >= 11 is 0. The fourth-order valence-electron chi connectivity index (χ4n) is 3.70. The Hall–Kier alpha value is -1.60. The minimum absolute atomic E-state index is 0.486. The molecule has 1 aromatic heterocycles. The van der Waals surface area contributed by atoms with E-state index in [1.54, 1.807) is 7.05 Å². The van der Waals surface area contributed by atoms with E-state index in [4.69, 9.17) is 4.52 Å². The Morgan fingerprint density at radius 3 is 2.46 bits per heavy atom. The maximum atomic E-state index is 5.47. The normalized spacial score (nSPS) is 16.7. The summed E-state index contributed by atoms with van der Waals surface area (Å²) in [5.74, 6) is 2.16. The summed E-state index contributed by atoms with van der Waals surface area (Å²) in [6.07, 6.45) is 4.55. The van der Waals surface area contributed by atoms with Crippen LogP contribution in [0.5, 0.6) is 0 Å². The number of unbranched alkanes of at least 4 members (excludes halogenated alkanes) is 1. The van der Waals surface area contributed by atoms with Crippen LogP contribution >= 0.6 is 0 Å². The molecule has 0 unspecified atom stereocenters. The average molecular weight is 393 g/mol. The van der Waals surface area contributed by atoms with Crippen LogP contribution in [0.2, 0.25) is 0 Å². The summed E-state index contributed by atoms with van der Waals surface area (Å²) in [7, 11) is 1.80. The summed E-state index contributed by atoms with van der Waals surface area (Å²) in [6.45, 7) is 15.4. The zero-order valence-electron chi connectivity index (χ0n) is 18.3. The van der Waals surface area contributed by atoms with Crippen LogP contribution in [0.4, 0.5) is 0 Å². The number of piperazine rings is 1. The van der Waals surface area contributed by atoms with Crippen LogP contribution < -0.4 is 10.6 Å². The quantitative estimate of drug-likeness (QED) is 0.343. The van der Waals surface area contributed by atoms with Crippen molar-refractivity contribution in [1.82, 2.24) is 25.6 Å². The Kier molecular flexibility index (Phi) is 10.4. The van der Waals surface area contributed by atoms with E-state index in [-0.39, 0.29) is 0 Å². The predicted molar refractivity (Wildman–Crippen MR) is 116 cm³/mol. The van der Waals surface area contributed by atoms with Crippen LogP contribution in [0, 0.1) is 0 Å². The first kappa shape index (κ1) is 22.7. The standard InChI is InChI=1S/C21H40N6O/c1-5-18(6-2)20-16-19(28-25-20)17-24-21(22-4)23-10-8-9-11-27-14-12-26(7-3)13-15-27/h16,18H,5-15,17H2,1-4H3,(H2,22,23,24). The van der Waals surface area contributed by atoms with Gasteiger partial charge in [-0.3, -0.25) is 4.99 Å². The van der Waals surface area contributed by atoms with E-state index in [0.29, 0.717) is 12.5 Å². The van der Waals surface area contributed by atoms with Crippen molar-refractivity contribution in [3.8, 4) is 0 Å². The molecule has 0 spiro atoms. The van der Waals surface area contributed by atoms with Crippen LogP contribution in [0.1, 0.15) is 63.8 Å². The van der Waals surface area contributed by atoms with Crippen LogP contribution in [0.3, 0.4) is 0 Å². The van der Waals surface area contributed by atoms with Gasteiger partial charge in [-0.25, -0.2) is 0 Å². The second kappa shape index (κ2) is 12.8. The lowest BCUT2D eigenvalue weighted by Crippen LogP contribution is -2.46. The van der Waals surface area contributed by atoms with Crippen LogP contribution in [0.15, 0.2) is 15.6 Å². The highest BCUT2D eigenvalue weighted by atomic mass is 16.5. The fraction of sp³-hybridized carbons (Fsp3) is 0.810. The Balaban J connectivity index is 1.59. The molecule has 1 aliphatic rings. The van der Waals surface area contributed by atoms with Gasteiger partial charge in [0, 0.05) is 51.8 Å². The van der Waals surface area contributed by atoms with Crippen molar-refractivity contribution < 1.29 is 4.52 Å². The number of nitrogens with one attached hydrogen (secondary N) is 2. The molecule has 2 N–H and O–H groups in total. The van der Waals surface area contributed by atoms with Gasteiger partial charge in [0.25, 0.3) is 0 Å². The molecule has 1 saturated heterocycles. The van der Waals surface area contributed by atoms with Crippen molar-refractivity contribution in [3.05, 3.63) is 17.5 Å². The van der Waals surface area contributed by atoms with Gasteiger partial charge in [-0.05, 0) is 38.8 Å². The molecule has 0 aromatic carbocycles. The third-order valence-electron chi connectivity index (χ3n) is 5.74. The van der Waals surface area contributed by atoms with Gasteiger partial charge in [0.05, 0.1) is 12.2 Å². The summed E-state index contributed by atoms with van der Waals surface area (Å²) in [4.78, 5) is 9.41. The van der Waals surface area contributed by atoms with E-state index in [9.17, 15) is 0 Å². The van der Waals surface area contributed by atoms with E-state index in [1.807, 2.05) is 0 Å². The Morgan fingerprint density at radius 1 is 1.11 bits per heavy atom. The van der Waals surface area contributed by atoms with Gasteiger partial charge < -0.3 is 25.0 Å². The maximum Gasteiger partial charge on any atom is 0.191 e. The average Bonchev–Trinajstić information content (AvgIpc) is 3.20. The Morgan fingerprint density at radius 2 is 1.82 bits per heavy atom. The van der Waals surface area contributed by atoms with Gasteiger partial charge >= 0.3 is 0 Å². The van der Waals surface area contributed by atoms with Gasteiger partial charge in [0.1, 0.15) is 0 Å². The molecule has 0 bridgehead atoms. The van der Waals surface area contributed by atoms with E-state index < -0.39 is 0 Å². The van der Waals surface area contributed by atoms with E-state index in [1.165, 1.54) is 45.7 Å². The number of hydrogen-bond acceptors (Lipinski definition) is 5. The zero-order valence-corrected chi connectivity index (χ0v) is 18.3. The molecular weight excluding hydrogens is 352 g/mol. The van der Waals surface area contributed by atoms with Gasteiger partial charge in [0.2, 0.25) is 0 Å². The lowest BCUT2D eigenvalue weighted by atomic mass is 9.99. The molecule has 1 fully saturated rings. The van der Waals surface area contributed by atoms with Gasteiger partial charge in [0.15, 0.2) is 11.7 Å². The number of hydrogen-bond donors (Lipinski definition) is 2. The fourth-order valence-corrected chi connectivity index (χ4v) is 3.70. The number of aromatic nitrogens is 1. The first-order chi connectivity index (χ1) is 13.7. The van der Waals surface area contributed by atoms with Crippen molar-refractivity contribution in [3.63, 3.8) is 0 Å². The molecule has 0 saturated carbocycles. The van der Waals surface area contributed by atoms with Gasteiger partial charge in [-0.15, -0.1) is 0 Å². The molecule has 7 nitrogen and oxygen atoms in total. The second-order valence-corrected chi connectivity index (χ2v) is 7.57. The Bertz CT molecular complexity index is 561. The molecule has 0 atom stereocenters. The molecule has 1 aromatic rings. The van der Waals surface area contributed by atoms with Crippen molar-refractivity contribution in [2.45, 2.75) is 58.9 Å². The van der Waals surface area contributed by atoms with Crippen molar-refractivity contribution >= 4 is 5.96 Å². The lowest BCUT2D eigenvalue weighted by Gasteiger charge is -2.34. The molecule has 160 valence electrons. The summed E-state index contributed by atoms with van der Waals surface area (Å²) in [5, 5.41) is 10.9. The second-order valence-electron chi connectivity index (χ2n) is 7.57. The number of aliphatic imine (C=N–C) groups is 1. The minimum atomic E-state index is 0.486.